The first-order valence-electron chi connectivity index (χ1n) is 5.83. The SMILES string of the molecule is CCOCC(C)Oc1cc(C)c(N)c(C(=O)O)c1. The highest BCUT2D eigenvalue weighted by Gasteiger charge is 2.13. The molecule has 0 saturated heterocycles. The molecule has 3 N–H and O–H groups in total. The Kier molecular flexibility index (Phi) is 4.97. The van der Waals surface area contributed by atoms with Crippen LogP contribution in [0.4, 0.5) is 5.69 Å². The van der Waals surface area contributed by atoms with Crippen LogP contribution in [0.1, 0.15) is 29.8 Å². The van der Waals surface area contributed by atoms with Gasteiger partial charge in [-0.1, -0.05) is 0 Å². The number of aromatic carboxylic acids is 1. The Hall–Kier alpha value is -1.75. The second-order valence-electron chi connectivity index (χ2n) is 4.09. The Morgan fingerprint density at radius 1 is 1.50 bits per heavy atom. The van der Waals surface area contributed by atoms with Crippen molar-refractivity contribution in [1.82, 2.24) is 0 Å². The number of carboxylic acids is 1. The molecule has 100 valence electrons. The van der Waals surface area contributed by atoms with Crippen molar-refractivity contribution < 1.29 is 19.4 Å². The topological polar surface area (TPSA) is 81.8 Å². The number of nitrogen functional groups attached to an aromatic ring is 1. The van der Waals surface area contributed by atoms with Crippen LogP contribution in [-0.2, 0) is 4.74 Å². The average Bonchev–Trinajstić information content (AvgIpc) is 2.30. The normalized spacial score (nSPS) is 12.2. The highest BCUT2D eigenvalue weighted by molar-refractivity contribution is 5.95. The van der Waals surface area contributed by atoms with E-state index in [0.29, 0.717) is 24.5 Å². The standard InChI is InChI=1S/C13H19NO4/c1-4-17-7-9(3)18-10-5-8(2)12(14)11(6-10)13(15)16/h5-6,9H,4,7,14H2,1-3H3,(H,15,16). The van der Waals surface area contributed by atoms with Crippen molar-refractivity contribution in [3.63, 3.8) is 0 Å². The molecular formula is C13H19NO4. The number of rotatable bonds is 6. The van der Waals surface area contributed by atoms with Gasteiger partial charge < -0.3 is 20.3 Å². The highest BCUT2D eigenvalue weighted by Crippen LogP contribution is 2.25. The van der Waals surface area contributed by atoms with Crippen molar-refractivity contribution in [1.29, 1.82) is 0 Å². The van der Waals surface area contributed by atoms with Gasteiger partial charge in [-0.3, -0.25) is 0 Å². The maximum absolute atomic E-state index is 11.0. The molecule has 0 radical (unpaired) electrons. The van der Waals surface area contributed by atoms with Crippen LogP contribution in [0, 0.1) is 6.92 Å². The summed E-state index contributed by atoms with van der Waals surface area (Å²) >= 11 is 0. The third-order valence-corrected chi connectivity index (χ3v) is 2.48. The summed E-state index contributed by atoms with van der Waals surface area (Å²) in [4.78, 5) is 11.0. The number of hydrogen-bond donors (Lipinski definition) is 2. The molecule has 0 heterocycles. The number of aryl methyl sites for hydroxylation is 1. The molecule has 1 unspecified atom stereocenters. The lowest BCUT2D eigenvalue weighted by atomic mass is 10.1. The van der Waals surface area contributed by atoms with E-state index in [4.69, 9.17) is 20.3 Å². The van der Waals surface area contributed by atoms with Gasteiger partial charge in [0.25, 0.3) is 0 Å². The Labute approximate surface area is 107 Å². The highest BCUT2D eigenvalue weighted by atomic mass is 16.5. The monoisotopic (exact) mass is 253 g/mol. The van der Waals surface area contributed by atoms with Crippen LogP contribution in [-0.4, -0.2) is 30.4 Å². The molecule has 0 amide bonds. The zero-order chi connectivity index (χ0) is 13.7. The summed E-state index contributed by atoms with van der Waals surface area (Å²) in [5.74, 6) is -0.565. The minimum Gasteiger partial charge on any atom is -0.488 e. The summed E-state index contributed by atoms with van der Waals surface area (Å²) in [6, 6.07) is 3.16. The Balaban J connectivity index is 2.87. The number of carboxylic acid groups (broad SMARTS) is 1. The molecule has 1 rings (SSSR count). The fourth-order valence-corrected chi connectivity index (χ4v) is 1.56. The molecule has 18 heavy (non-hydrogen) atoms. The average molecular weight is 253 g/mol. The molecule has 1 atom stereocenters. The van der Waals surface area contributed by atoms with E-state index < -0.39 is 5.97 Å². The van der Waals surface area contributed by atoms with Gasteiger partial charge in [0.15, 0.2) is 0 Å². The molecule has 0 aliphatic carbocycles. The summed E-state index contributed by atoms with van der Waals surface area (Å²) in [6.45, 7) is 6.60. The molecule has 5 nitrogen and oxygen atoms in total. The van der Waals surface area contributed by atoms with Crippen molar-refractivity contribution in [2.45, 2.75) is 26.9 Å². The molecular weight excluding hydrogens is 234 g/mol. The van der Waals surface area contributed by atoms with Gasteiger partial charge >= 0.3 is 5.97 Å². The van der Waals surface area contributed by atoms with Crippen LogP contribution in [0.3, 0.4) is 0 Å². The minimum absolute atomic E-state index is 0.0635. The van der Waals surface area contributed by atoms with Gasteiger partial charge in [-0.2, -0.15) is 0 Å². The lowest BCUT2D eigenvalue weighted by molar-refractivity contribution is 0.0649. The fourth-order valence-electron chi connectivity index (χ4n) is 1.56. The lowest BCUT2D eigenvalue weighted by Crippen LogP contribution is -2.19. The van der Waals surface area contributed by atoms with Crippen molar-refractivity contribution in [3.05, 3.63) is 23.3 Å². The van der Waals surface area contributed by atoms with Crippen LogP contribution in [0.25, 0.3) is 0 Å². The summed E-state index contributed by atoms with van der Waals surface area (Å²) in [7, 11) is 0. The van der Waals surface area contributed by atoms with Gasteiger partial charge in [0.1, 0.15) is 11.9 Å². The van der Waals surface area contributed by atoms with E-state index in [1.807, 2.05) is 13.8 Å². The van der Waals surface area contributed by atoms with E-state index in [0.717, 1.165) is 0 Å². The molecule has 0 saturated carbocycles. The van der Waals surface area contributed by atoms with Gasteiger partial charge in [0.2, 0.25) is 0 Å². The first kappa shape index (κ1) is 14.3. The summed E-state index contributed by atoms with van der Waals surface area (Å²) < 4.78 is 10.8. The summed E-state index contributed by atoms with van der Waals surface area (Å²) in [6.07, 6.45) is -0.144. The fraction of sp³-hybridized carbons (Fsp3) is 0.462. The molecule has 0 spiro atoms. The Morgan fingerprint density at radius 2 is 2.17 bits per heavy atom. The van der Waals surface area contributed by atoms with E-state index in [9.17, 15) is 4.79 Å². The van der Waals surface area contributed by atoms with Gasteiger partial charge in [0.05, 0.1) is 12.2 Å². The molecule has 0 bridgehead atoms. The number of anilines is 1. The number of hydrogen-bond acceptors (Lipinski definition) is 4. The quantitative estimate of drug-likeness (QED) is 0.758. The van der Waals surface area contributed by atoms with Crippen molar-refractivity contribution in [3.8, 4) is 5.75 Å². The molecule has 0 aliphatic heterocycles. The van der Waals surface area contributed by atoms with Crippen LogP contribution in [0.2, 0.25) is 0 Å². The number of ether oxygens (including phenoxy) is 2. The van der Waals surface area contributed by atoms with Crippen LogP contribution < -0.4 is 10.5 Å². The molecule has 1 aromatic rings. The van der Waals surface area contributed by atoms with E-state index in [1.54, 1.807) is 13.0 Å². The molecule has 0 aliphatic rings. The van der Waals surface area contributed by atoms with Crippen LogP contribution in [0.15, 0.2) is 12.1 Å². The third-order valence-electron chi connectivity index (χ3n) is 2.48. The van der Waals surface area contributed by atoms with E-state index in [-0.39, 0.29) is 17.4 Å². The van der Waals surface area contributed by atoms with Crippen molar-refractivity contribution in [2.24, 2.45) is 0 Å². The minimum atomic E-state index is -1.06. The predicted molar refractivity (Wildman–Crippen MR) is 69.1 cm³/mol. The van der Waals surface area contributed by atoms with Gasteiger partial charge in [-0.05, 0) is 38.5 Å². The zero-order valence-electron chi connectivity index (χ0n) is 10.9. The molecule has 5 heteroatoms. The van der Waals surface area contributed by atoms with Gasteiger partial charge in [0, 0.05) is 12.3 Å². The second-order valence-corrected chi connectivity index (χ2v) is 4.09. The third kappa shape index (κ3) is 3.63. The Morgan fingerprint density at radius 3 is 2.72 bits per heavy atom. The number of carbonyl (C=O) groups is 1. The lowest BCUT2D eigenvalue weighted by Gasteiger charge is -2.16. The number of nitrogens with two attached hydrogens (primary N) is 1. The summed E-state index contributed by atoms with van der Waals surface area (Å²) in [5, 5.41) is 9.03. The largest absolute Gasteiger partial charge is 0.488 e. The van der Waals surface area contributed by atoms with Crippen molar-refractivity contribution in [2.75, 3.05) is 18.9 Å². The number of benzene rings is 1. The first-order valence-corrected chi connectivity index (χ1v) is 5.83. The van der Waals surface area contributed by atoms with E-state index in [1.165, 1.54) is 6.07 Å². The first-order chi connectivity index (χ1) is 8.45. The van der Waals surface area contributed by atoms with Crippen LogP contribution >= 0.6 is 0 Å². The smallest absolute Gasteiger partial charge is 0.337 e. The maximum Gasteiger partial charge on any atom is 0.337 e. The second kappa shape index (κ2) is 6.26. The maximum atomic E-state index is 11.0. The predicted octanol–water partition coefficient (Wildman–Crippen LogP) is 2.08. The Bertz CT molecular complexity index is 431. The molecule has 0 fully saturated rings. The van der Waals surface area contributed by atoms with Gasteiger partial charge in [-0.15, -0.1) is 0 Å². The van der Waals surface area contributed by atoms with Gasteiger partial charge in [-0.25, -0.2) is 4.79 Å². The van der Waals surface area contributed by atoms with Crippen molar-refractivity contribution >= 4 is 11.7 Å². The van der Waals surface area contributed by atoms with Crippen LogP contribution in [0.5, 0.6) is 5.75 Å². The zero-order valence-corrected chi connectivity index (χ0v) is 10.9. The van der Waals surface area contributed by atoms with E-state index >= 15 is 0 Å². The molecule has 1 aromatic carbocycles. The van der Waals surface area contributed by atoms with E-state index in [2.05, 4.69) is 0 Å². The molecule has 0 aromatic heterocycles. The summed E-state index contributed by atoms with van der Waals surface area (Å²) in [5.41, 5.74) is 6.72.